The highest BCUT2D eigenvalue weighted by Gasteiger charge is 2.23. The van der Waals surface area contributed by atoms with Crippen molar-refractivity contribution in [3.8, 4) is 11.8 Å². The third-order valence-electron chi connectivity index (χ3n) is 3.23. The lowest BCUT2D eigenvalue weighted by Gasteiger charge is -2.08. The molecule has 1 aliphatic carbocycles. The Morgan fingerprint density at radius 1 is 1.38 bits per heavy atom. The van der Waals surface area contributed by atoms with Gasteiger partial charge in [-0.05, 0) is 30.5 Å². The van der Waals surface area contributed by atoms with Crippen LogP contribution in [0.2, 0.25) is 0 Å². The first-order valence-corrected chi connectivity index (χ1v) is 8.40. The Labute approximate surface area is 124 Å². The minimum Gasteiger partial charge on any atom is -0.395 e. The smallest absolute Gasteiger partial charge is 0.241 e. The summed E-state index contributed by atoms with van der Waals surface area (Å²) >= 11 is 0. The van der Waals surface area contributed by atoms with Gasteiger partial charge >= 0.3 is 0 Å². The predicted molar refractivity (Wildman–Crippen MR) is 77.5 cm³/mol. The molecule has 2 N–H and O–H groups in total. The molecule has 21 heavy (non-hydrogen) atoms. The molecule has 1 saturated carbocycles. The van der Waals surface area contributed by atoms with Gasteiger partial charge in [0, 0.05) is 18.5 Å². The molecule has 0 radical (unpaired) electrons. The van der Waals surface area contributed by atoms with Gasteiger partial charge in [-0.15, -0.1) is 0 Å². The van der Waals surface area contributed by atoms with Gasteiger partial charge in [-0.2, -0.15) is 0 Å². The molecule has 114 valence electrons. The zero-order chi connectivity index (χ0) is 15.3. The molecule has 0 aromatic heterocycles. The highest BCUT2D eigenvalue weighted by molar-refractivity contribution is 7.89. The third-order valence-corrected chi connectivity index (χ3v) is 4.75. The number of benzene rings is 1. The largest absolute Gasteiger partial charge is 0.395 e. The number of aliphatic hydroxyl groups excluding tert-OH is 1. The molecule has 0 amide bonds. The van der Waals surface area contributed by atoms with Crippen LogP contribution in [0.5, 0.6) is 0 Å². The SMILES string of the molecule is O=S(=O)(NCCC1CC1)c1ccc(F)cc1C#CCCO. The maximum Gasteiger partial charge on any atom is 0.241 e. The Morgan fingerprint density at radius 3 is 2.81 bits per heavy atom. The molecule has 1 aromatic rings. The summed E-state index contributed by atoms with van der Waals surface area (Å²) < 4.78 is 40.3. The molecule has 0 saturated heterocycles. The zero-order valence-electron chi connectivity index (χ0n) is 11.6. The summed E-state index contributed by atoms with van der Waals surface area (Å²) in [6.07, 6.45) is 3.36. The van der Waals surface area contributed by atoms with Crippen LogP contribution in [-0.2, 0) is 10.0 Å². The number of halogens is 1. The summed E-state index contributed by atoms with van der Waals surface area (Å²) in [5.41, 5.74) is 0.113. The molecule has 1 fully saturated rings. The van der Waals surface area contributed by atoms with Crippen molar-refractivity contribution in [3.63, 3.8) is 0 Å². The molecule has 0 atom stereocenters. The first kappa shape index (κ1) is 16.0. The monoisotopic (exact) mass is 311 g/mol. The Balaban J connectivity index is 2.17. The number of nitrogens with one attached hydrogen (secondary N) is 1. The van der Waals surface area contributed by atoms with Gasteiger partial charge in [-0.1, -0.05) is 24.7 Å². The van der Waals surface area contributed by atoms with E-state index >= 15 is 0 Å². The average Bonchev–Trinajstić information content (AvgIpc) is 3.23. The number of hydrogen-bond donors (Lipinski definition) is 2. The standard InChI is InChI=1S/C15H18FNO3S/c16-14-6-7-15(13(11-14)3-1-2-10-18)21(19,20)17-9-8-12-4-5-12/h6-7,11-12,17-18H,2,4-5,8-10H2. The van der Waals surface area contributed by atoms with Gasteiger partial charge < -0.3 is 5.11 Å². The van der Waals surface area contributed by atoms with Crippen molar-refractivity contribution in [2.45, 2.75) is 30.6 Å². The molecule has 0 bridgehead atoms. The predicted octanol–water partition coefficient (Wildman–Crippen LogP) is 1.64. The van der Waals surface area contributed by atoms with Gasteiger partial charge in [0.2, 0.25) is 10.0 Å². The van der Waals surface area contributed by atoms with Crippen LogP contribution in [0.1, 0.15) is 31.2 Å². The number of aliphatic hydroxyl groups is 1. The van der Waals surface area contributed by atoms with Gasteiger partial charge in [0.25, 0.3) is 0 Å². The van der Waals surface area contributed by atoms with Crippen molar-refractivity contribution in [1.82, 2.24) is 4.72 Å². The van der Waals surface area contributed by atoms with E-state index in [2.05, 4.69) is 16.6 Å². The molecule has 1 aromatic carbocycles. The first-order valence-electron chi connectivity index (χ1n) is 6.92. The zero-order valence-corrected chi connectivity index (χ0v) is 12.4. The maximum atomic E-state index is 13.3. The molecule has 0 heterocycles. The van der Waals surface area contributed by atoms with Crippen molar-refractivity contribution in [1.29, 1.82) is 0 Å². The van der Waals surface area contributed by atoms with Crippen molar-refractivity contribution >= 4 is 10.0 Å². The van der Waals surface area contributed by atoms with E-state index in [1.807, 2.05) is 0 Å². The van der Waals surface area contributed by atoms with Gasteiger partial charge in [-0.25, -0.2) is 17.5 Å². The molecule has 4 nitrogen and oxygen atoms in total. The first-order chi connectivity index (χ1) is 10.0. The van der Waals surface area contributed by atoms with Crippen molar-refractivity contribution in [2.24, 2.45) is 5.92 Å². The Hall–Kier alpha value is -1.42. The molecule has 6 heteroatoms. The Morgan fingerprint density at radius 2 is 2.14 bits per heavy atom. The van der Waals surface area contributed by atoms with Gasteiger partial charge in [-0.3, -0.25) is 0 Å². The maximum absolute atomic E-state index is 13.3. The van der Waals surface area contributed by atoms with Crippen LogP contribution in [-0.4, -0.2) is 26.7 Å². The van der Waals surface area contributed by atoms with E-state index in [9.17, 15) is 12.8 Å². The molecule has 0 spiro atoms. The summed E-state index contributed by atoms with van der Waals surface area (Å²) in [5, 5.41) is 8.69. The molecular weight excluding hydrogens is 293 g/mol. The lowest BCUT2D eigenvalue weighted by molar-refractivity contribution is 0.305. The fraction of sp³-hybridized carbons (Fsp3) is 0.467. The normalized spacial score (nSPS) is 14.6. The number of sulfonamides is 1. The minimum absolute atomic E-state index is 0.0230. The second-order valence-corrected chi connectivity index (χ2v) is 6.78. The summed E-state index contributed by atoms with van der Waals surface area (Å²) in [7, 11) is -3.69. The minimum atomic E-state index is -3.69. The van der Waals surface area contributed by atoms with E-state index < -0.39 is 15.8 Å². The fourth-order valence-electron chi connectivity index (χ4n) is 1.93. The lowest BCUT2D eigenvalue weighted by Crippen LogP contribution is -2.26. The summed E-state index contributed by atoms with van der Waals surface area (Å²) in [4.78, 5) is -0.0230. The van der Waals surface area contributed by atoms with E-state index in [-0.39, 0.29) is 23.5 Å². The molecule has 0 unspecified atom stereocenters. The quantitative estimate of drug-likeness (QED) is 0.785. The number of hydrogen-bond acceptors (Lipinski definition) is 3. The Kier molecular flexibility index (Phi) is 5.34. The van der Waals surface area contributed by atoms with E-state index in [1.54, 1.807) is 0 Å². The second kappa shape index (κ2) is 7.03. The van der Waals surface area contributed by atoms with Crippen LogP contribution in [0.25, 0.3) is 0 Å². The lowest BCUT2D eigenvalue weighted by atomic mass is 10.2. The van der Waals surface area contributed by atoms with Crippen LogP contribution in [0.4, 0.5) is 4.39 Å². The van der Waals surface area contributed by atoms with Gasteiger partial charge in [0.15, 0.2) is 0 Å². The fourth-order valence-corrected chi connectivity index (χ4v) is 3.12. The highest BCUT2D eigenvalue weighted by atomic mass is 32.2. The Bertz CT molecular complexity index is 657. The second-order valence-electron chi connectivity index (χ2n) is 5.05. The third kappa shape index (κ3) is 4.81. The van der Waals surface area contributed by atoms with Crippen LogP contribution >= 0.6 is 0 Å². The van der Waals surface area contributed by atoms with Crippen LogP contribution < -0.4 is 4.72 Å². The van der Waals surface area contributed by atoms with Crippen LogP contribution in [0.15, 0.2) is 23.1 Å². The van der Waals surface area contributed by atoms with Crippen molar-refractivity contribution < 1.29 is 17.9 Å². The summed E-state index contributed by atoms with van der Waals surface area (Å²) in [6.45, 7) is 0.262. The molecular formula is C15H18FNO3S. The molecule has 2 rings (SSSR count). The van der Waals surface area contributed by atoms with E-state index in [0.717, 1.165) is 31.4 Å². The van der Waals surface area contributed by atoms with Gasteiger partial charge in [0.1, 0.15) is 5.82 Å². The van der Waals surface area contributed by atoms with E-state index in [1.165, 1.54) is 6.07 Å². The summed E-state index contributed by atoms with van der Waals surface area (Å²) in [5.74, 6) is 5.31. The average molecular weight is 311 g/mol. The van der Waals surface area contributed by atoms with Gasteiger partial charge in [0.05, 0.1) is 11.5 Å². The molecule has 0 aliphatic heterocycles. The topological polar surface area (TPSA) is 66.4 Å². The van der Waals surface area contributed by atoms with Crippen molar-refractivity contribution in [3.05, 3.63) is 29.6 Å². The number of rotatable bonds is 6. The van der Waals surface area contributed by atoms with E-state index in [0.29, 0.717) is 12.5 Å². The highest BCUT2D eigenvalue weighted by Crippen LogP contribution is 2.31. The van der Waals surface area contributed by atoms with Crippen LogP contribution in [0.3, 0.4) is 0 Å². The van der Waals surface area contributed by atoms with Crippen molar-refractivity contribution in [2.75, 3.05) is 13.2 Å². The molecule has 1 aliphatic rings. The summed E-state index contributed by atoms with van der Waals surface area (Å²) in [6, 6.07) is 3.42. The van der Waals surface area contributed by atoms with E-state index in [4.69, 9.17) is 5.11 Å². The van der Waals surface area contributed by atoms with Crippen LogP contribution in [0, 0.1) is 23.6 Å².